The largest absolute Gasteiger partial charge is 0.379 e. The lowest BCUT2D eigenvalue weighted by Crippen LogP contribution is -2.33. The van der Waals surface area contributed by atoms with Gasteiger partial charge in [-0.3, -0.25) is 0 Å². The zero-order chi connectivity index (χ0) is 19.7. The van der Waals surface area contributed by atoms with Crippen LogP contribution in [0.1, 0.15) is 25.1 Å². The number of sulfonamides is 1. The Morgan fingerprint density at radius 3 is 2.37 bits per heavy atom. The molecule has 7 heteroatoms. The first-order valence-corrected chi connectivity index (χ1v) is 10.1. The molecule has 3 rings (SSSR count). The van der Waals surface area contributed by atoms with Crippen LogP contribution < -0.4 is 4.72 Å². The predicted molar refractivity (Wildman–Crippen MR) is 105 cm³/mol. The molecule has 6 nitrogen and oxygen atoms in total. The van der Waals surface area contributed by atoms with Crippen LogP contribution in [0.4, 0.5) is 0 Å². The van der Waals surface area contributed by atoms with Gasteiger partial charge in [0.05, 0.1) is 23.1 Å². The van der Waals surface area contributed by atoms with Gasteiger partial charge < -0.3 is 10.1 Å². The summed E-state index contributed by atoms with van der Waals surface area (Å²) in [7, 11) is -2.11. The quantitative estimate of drug-likeness (QED) is 0.608. The summed E-state index contributed by atoms with van der Waals surface area (Å²) in [5, 5.41) is 11.3. The van der Waals surface area contributed by atoms with E-state index in [4.69, 9.17) is 0 Å². The van der Waals surface area contributed by atoms with Crippen LogP contribution in [0.2, 0.25) is 0 Å². The monoisotopic (exact) mass is 385 g/mol. The molecule has 1 atom stereocenters. The van der Waals surface area contributed by atoms with Crippen molar-refractivity contribution < 1.29 is 13.5 Å². The standard InChI is InChI=1S/C20H23N3O3S/c1-14(2)20(24,19-12-22-13-23-19)17-9-7-15(8-10-17)16-5-4-6-18(11-16)27(25,26)21-3/h4-14,21,24H,1-3H3,(H,22,23). The number of benzene rings is 2. The number of rotatable bonds is 6. The molecule has 0 radical (unpaired) electrons. The van der Waals surface area contributed by atoms with Gasteiger partial charge in [-0.25, -0.2) is 18.1 Å². The molecule has 0 amide bonds. The molecule has 0 aliphatic carbocycles. The summed E-state index contributed by atoms with van der Waals surface area (Å²) in [6, 6.07) is 14.2. The van der Waals surface area contributed by atoms with Crippen LogP contribution in [0.3, 0.4) is 0 Å². The summed E-state index contributed by atoms with van der Waals surface area (Å²) in [5.74, 6) is -0.0760. The second-order valence-electron chi connectivity index (χ2n) is 6.70. The van der Waals surface area contributed by atoms with Crippen molar-refractivity contribution in [2.24, 2.45) is 5.92 Å². The molecule has 0 spiro atoms. The van der Waals surface area contributed by atoms with Crippen LogP contribution >= 0.6 is 0 Å². The fourth-order valence-corrected chi connectivity index (χ4v) is 3.92. The maximum atomic E-state index is 12.0. The minimum absolute atomic E-state index is 0.0760. The van der Waals surface area contributed by atoms with Gasteiger partial charge in [-0.15, -0.1) is 0 Å². The molecule has 2 aromatic carbocycles. The number of hydrogen-bond acceptors (Lipinski definition) is 4. The average Bonchev–Trinajstić information content (AvgIpc) is 3.22. The van der Waals surface area contributed by atoms with Crippen molar-refractivity contribution >= 4 is 10.0 Å². The molecule has 0 bridgehead atoms. The summed E-state index contributed by atoms with van der Waals surface area (Å²) in [5.41, 5.74) is 1.83. The van der Waals surface area contributed by atoms with Crippen molar-refractivity contribution in [3.8, 4) is 11.1 Å². The van der Waals surface area contributed by atoms with Crippen molar-refractivity contribution in [2.45, 2.75) is 24.3 Å². The number of nitrogens with zero attached hydrogens (tertiary/aromatic N) is 1. The van der Waals surface area contributed by atoms with Crippen molar-refractivity contribution in [1.82, 2.24) is 14.7 Å². The lowest BCUT2D eigenvalue weighted by Gasteiger charge is -2.31. The first kappa shape index (κ1) is 19.3. The van der Waals surface area contributed by atoms with Crippen LogP contribution in [-0.2, 0) is 15.6 Å². The molecule has 0 aliphatic heterocycles. The normalized spacial score (nSPS) is 14.3. The van der Waals surface area contributed by atoms with E-state index >= 15 is 0 Å². The Labute approximate surface area is 159 Å². The number of aliphatic hydroxyl groups is 1. The molecule has 3 N–H and O–H groups in total. The number of aromatic amines is 1. The highest BCUT2D eigenvalue weighted by Gasteiger charge is 2.36. The van der Waals surface area contributed by atoms with Gasteiger partial charge in [0.25, 0.3) is 0 Å². The Hall–Kier alpha value is -2.48. The third kappa shape index (κ3) is 3.53. The van der Waals surface area contributed by atoms with Crippen molar-refractivity contribution in [2.75, 3.05) is 7.05 Å². The molecular weight excluding hydrogens is 362 g/mol. The molecule has 0 fully saturated rings. The first-order valence-electron chi connectivity index (χ1n) is 8.65. The highest BCUT2D eigenvalue weighted by Crippen LogP contribution is 2.36. The molecule has 142 valence electrons. The molecule has 0 saturated heterocycles. The number of imidazole rings is 1. The Morgan fingerprint density at radius 1 is 1.11 bits per heavy atom. The minimum atomic E-state index is -3.50. The van der Waals surface area contributed by atoms with Gasteiger partial charge in [0.1, 0.15) is 5.60 Å². The zero-order valence-electron chi connectivity index (χ0n) is 15.5. The maximum absolute atomic E-state index is 12.0. The van der Waals surface area contributed by atoms with Gasteiger partial charge in [0.2, 0.25) is 10.0 Å². The molecule has 1 aromatic heterocycles. The molecule has 27 heavy (non-hydrogen) atoms. The number of aromatic nitrogens is 2. The van der Waals surface area contributed by atoms with Gasteiger partial charge in [0.15, 0.2) is 0 Å². The van der Waals surface area contributed by atoms with Crippen LogP contribution in [0.5, 0.6) is 0 Å². The second kappa shape index (κ2) is 7.26. The summed E-state index contributed by atoms with van der Waals surface area (Å²) < 4.78 is 26.4. The third-order valence-corrected chi connectivity index (χ3v) is 6.23. The smallest absolute Gasteiger partial charge is 0.240 e. The third-order valence-electron chi connectivity index (χ3n) is 4.82. The molecule has 3 aromatic rings. The van der Waals surface area contributed by atoms with Gasteiger partial charge in [0, 0.05) is 0 Å². The fraction of sp³-hybridized carbons (Fsp3) is 0.250. The minimum Gasteiger partial charge on any atom is -0.379 e. The summed E-state index contributed by atoms with van der Waals surface area (Å²) in [6.45, 7) is 3.89. The SMILES string of the molecule is CNS(=O)(=O)c1cccc(-c2ccc(C(O)(c3cnc[nH]3)C(C)C)cc2)c1. The van der Waals surface area contributed by atoms with Crippen molar-refractivity contribution in [3.63, 3.8) is 0 Å². The summed E-state index contributed by atoms with van der Waals surface area (Å²) in [4.78, 5) is 7.23. The average molecular weight is 385 g/mol. The number of H-pyrrole nitrogens is 1. The van der Waals surface area contributed by atoms with E-state index in [0.29, 0.717) is 5.69 Å². The highest BCUT2D eigenvalue weighted by molar-refractivity contribution is 7.89. The van der Waals surface area contributed by atoms with E-state index in [1.807, 2.05) is 44.2 Å². The van der Waals surface area contributed by atoms with Gasteiger partial charge in [-0.2, -0.15) is 0 Å². The number of nitrogens with one attached hydrogen (secondary N) is 2. The Morgan fingerprint density at radius 2 is 1.81 bits per heavy atom. The predicted octanol–water partition coefficient (Wildman–Crippen LogP) is 2.88. The van der Waals surface area contributed by atoms with Crippen LogP contribution in [0.15, 0.2) is 66.0 Å². The Kier molecular flexibility index (Phi) is 5.19. The van der Waals surface area contributed by atoms with Crippen molar-refractivity contribution in [3.05, 3.63) is 72.3 Å². The number of hydrogen-bond donors (Lipinski definition) is 3. The Bertz CT molecular complexity index is 1010. The van der Waals surface area contributed by atoms with E-state index in [1.54, 1.807) is 30.7 Å². The lowest BCUT2D eigenvalue weighted by atomic mass is 9.80. The van der Waals surface area contributed by atoms with Crippen LogP contribution in [-0.4, -0.2) is 30.5 Å². The molecule has 1 unspecified atom stereocenters. The highest BCUT2D eigenvalue weighted by atomic mass is 32.2. The second-order valence-corrected chi connectivity index (χ2v) is 8.59. The zero-order valence-corrected chi connectivity index (χ0v) is 16.3. The van der Waals surface area contributed by atoms with Crippen molar-refractivity contribution in [1.29, 1.82) is 0 Å². The van der Waals surface area contributed by atoms with E-state index in [1.165, 1.54) is 7.05 Å². The fourth-order valence-electron chi connectivity index (χ4n) is 3.14. The van der Waals surface area contributed by atoms with E-state index in [9.17, 15) is 13.5 Å². The van der Waals surface area contributed by atoms with Gasteiger partial charge in [-0.05, 0) is 41.8 Å². The lowest BCUT2D eigenvalue weighted by molar-refractivity contribution is 0.0279. The van der Waals surface area contributed by atoms with Gasteiger partial charge >= 0.3 is 0 Å². The van der Waals surface area contributed by atoms with E-state index in [-0.39, 0.29) is 10.8 Å². The molecular formula is C20H23N3O3S. The summed E-state index contributed by atoms with van der Waals surface area (Å²) in [6.07, 6.45) is 3.17. The first-order chi connectivity index (χ1) is 12.8. The van der Waals surface area contributed by atoms with E-state index in [0.717, 1.165) is 16.7 Å². The summed E-state index contributed by atoms with van der Waals surface area (Å²) >= 11 is 0. The maximum Gasteiger partial charge on any atom is 0.240 e. The topological polar surface area (TPSA) is 95.1 Å². The van der Waals surface area contributed by atoms with Crippen LogP contribution in [0, 0.1) is 5.92 Å². The van der Waals surface area contributed by atoms with Crippen LogP contribution in [0.25, 0.3) is 11.1 Å². The van der Waals surface area contributed by atoms with Gasteiger partial charge in [-0.1, -0.05) is 50.2 Å². The molecule has 0 saturated carbocycles. The Balaban J connectivity index is 2.00. The van der Waals surface area contributed by atoms with E-state index < -0.39 is 15.6 Å². The molecule has 0 aliphatic rings. The van der Waals surface area contributed by atoms with E-state index in [2.05, 4.69) is 14.7 Å². The molecule has 1 heterocycles.